The molecule has 12 nitrogen and oxygen atoms in total. The van der Waals surface area contributed by atoms with E-state index in [0.29, 0.717) is 37.5 Å². The fourth-order valence-electron chi connectivity index (χ4n) is 6.62. The van der Waals surface area contributed by atoms with Crippen molar-refractivity contribution in [1.82, 2.24) is 16.1 Å². The molecular weight excluding hydrogens is 503 g/mol. The first-order valence-electron chi connectivity index (χ1n) is 14.3. The minimum Gasteiger partial charge on any atom is -0.404 e. The van der Waals surface area contributed by atoms with Crippen LogP contribution in [-0.2, 0) is 18.9 Å². The maximum atomic E-state index is 13.6. The third-order valence-electron chi connectivity index (χ3n) is 8.73. The van der Waals surface area contributed by atoms with Crippen LogP contribution in [0, 0.1) is 39.2 Å². The van der Waals surface area contributed by atoms with Gasteiger partial charge in [0.25, 0.3) is 5.96 Å². The van der Waals surface area contributed by atoms with E-state index in [2.05, 4.69) is 50.2 Å². The monoisotopic (exact) mass is 550 g/mol. The zero-order chi connectivity index (χ0) is 29.1. The predicted octanol–water partition coefficient (Wildman–Crippen LogP) is 2.19. The number of hydrogen-bond donors (Lipinski definition) is 4. The lowest BCUT2D eigenvalue weighted by atomic mass is 9.43. The number of amides is 2. The highest BCUT2D eigenvalue weighted by Crippen LogP contribution is 2.65. The molecule has 2 amide bonds. The number of rotatable bonds is 13. The highest BCUT2D eigenvalue weighted by atomic mass is 16.7. The number of aliphatic imine (C=N–C) groups is 1. The molecule has 4 fully saturated rings. The molecule has 3 saturated carbocycles. The van der Waals surface area contributed by atoms with E-state index < -0.39 is 18.2 Å². The molecule has 1 heterocycles. The van der Waals surface area contributed by atoms with Crippen molar-refractivity contribution >= 4 is 24.9 Å². The van der Waals surface area contributed by atoms with Gasteiger partial charge in [-0.25, -0.2) is 15.1 Å². The highest BCUT2D eigenvalue weighted by Gasteiger charge is 2.68. The number of carbonyl (C=O) groups excluding carboxylic acids is 2. The maximum Gasteiger partial charge on any atom is 0.481 e. The Morgan fingerprint density at radius 3 is 2.44 bits per heavy atom. The van der Waals surface area contributed by atoms with E-state index in [0.717, 1.165) is 12.8 Å². The predicted molar refractivity (Wildman–Crippen MR) is 149 cm³/mol. The van der Waals surface area contributed by atoms with Crippen molar-refractivity contribution in [3.05, 3.63) is 10.1 Å². The average Bonchev–Trinajstić information content (AvgIpc) is 3.16. The summed E-state index contributed by atoms with van der Waals surface area (Å²) < 4.78 is 13.1. The Labute approximate surface area is 232 Å². The van der Waals surface area contributed by atoms with E-state index in [1.807, 2.05) is 13.8 Å². The summed E-state index contributed by atoms with van der Waals surface area (Å²) in [5.74, 6) is 0.251. The highest BCUT2D eigenvalue weighted by molar-refractivity contribution is 6.48. The fraction of sp³-hybridized carbons (Fsp3) is 0.885. The fourth-order valence-corrected chi connectivity index (χ4v) is 6.62. The van der Waals surface area contributed by atoms with Crippen LogP contribution in [0.4, 0.5) is 0 Å². The molecule has 220 valence electrons. The summed E-state index contributed by atoms with van der Waals surface area (Å²) in [7, 11) is -0.564. The zero-order valence-corrected chi connectivity index (χ0v) is 24.5. The minimum absolute atomic E-state index is 0.00322. The van der Waals surface area contributed by atoms with Gasteiger partial charge in [0.2, 0.25) is 11.8 Å². The molecule has 4 aliphatic rings. The SMILES string of the molecule is CC(C)CC(=O)N[C@@H](CCCN=C(N)N[N+](=O)[O-])C(=O)N[C@@H](CC(C)C)B1O[C@@H]2C[C@H]3C[C@H](C3(C)C)[C@]2(C)O1. The normalized spacial score (nSPS) is 28.9. The lowest BCUT2D eigenvalue weighted by molar-refractivity contribution is -0.525. The standard InChI is InChI=1S/C26H47BN6O6/c1-15(2)11-21(27-38-20-14-17-13-19(25(17,5)6)26(20,7)39-27)31-23(35)18(30-22(34)12-16(3)4)9-8-10-29-24(28)32-33(36)37/h15-21H,8-14H2,1-7H3,(H,30,34)(H,31,35)(H3,28,29,32)/t17-,18+,19-,20-,21+,26+/m1/s1. The topological polar surface area (TPSA) is 170 Å². The second kappa shape index (κ2) is 12.4. The smallest absolute Gasteiger partial charge is 0.404 e. The second-order valence-electron chi connectivity index (χ2n) is 13.1. The van der Waals surface area contributed by atoms with Crippen LogP contribution in [0.3, 0.4) is 0 Å². The summed E-state index contributed by atoms with van der Waals surface area (Å²) in [6, 6.07) is -0.795. The van der Waals surface area contributed by atoms with Crippen molar-refractivity contribution in [2.24, 2.45) is 39.8 Å². The van der Waals surface area contributed by atoms with Crippen molar-refractivity contribution in [2.75, 3.05) is 6.54 Å². The van der Waals surface area contributed by atoms with Crippen LogP contribution in [0.15, 0.2) is 4.99 Å². The number of guanidine groups is 1. The molecule has 4 rings (SSSR count). The first-order chi connectivity index (χ1) is 18.1. The van der Waals surface area contributed by atoms with E-state index in [-0.39, 0.29) is 59.2 Å². The molecule has 13 heteroatoms. The van der Waals surface area contributed by atoms with Gasteiger partial charge in [-0.05, 0) is 68.1 Å². The van der Waals surface area contributed by atoms with Gasteiger partial charge >= 0.3 is 7.12 Å². The van der Waals surface area contributed by atoms with Crippen molar-refractivity contribution in [2.45, 2.75) is 111 Å². The summed E-state index contributed by atoms with van der Waals surface area (Å²) in [6.45, 7) is 15.0. The third-order valence-corrected chi connectivity index (χ3v) is 8.73. The van der Waals surface area contributed by atoms with E-state index in [9.17, 15) is 19.7 Å². The van der Waals surface area contributed by atoms with E-state index >= 15 is 0 Å². The lowest BCUT2D eigenvalue weighted by Crippen LogP contribution is -2.65. The Bertz CT molecular complexity index is 946. The molecule has 0 unspecified atom stereocenters. The first kappa shape index (κ1) is 31.1. The Morgan fingerprint density at radius 1 is 1.15 bits per heavy atom. The van der Waals surface area contributed by atoms with Crippen molar-refractivity contribution < 1.29 is 23.9 Å². The van der Waals surface area contributed by atoms with E-state index in [4.69, 9.17) is 15.0 Å². The molecule has 1 aliphatic heterocycles. The van der Waals surface area contributed by atoms with Gasteiger partial charge in [0, 0.05) is 13.0 Å². The van der Waals surface area contributed by atoms with E-state index in [1.54, 1.807) is 5.43 Å². The van der Waals surface area contributed by atoms with Gasteiger partial charge in [-0.3, -0.25) is 9.59 Å². The number of hydrogen-bond acceptors (Lipinski definition) is 7. The summed E-state index contributed by atoms with van der Waals surface area (Å²) in [5, 5.41) is 15.7. The molecule has 0 aromatic rings. The van der Waals surface area contributed by atoms with E-state index in [1.165, 1.54) is 0 Å². The van der Waals surface area contributed by atoms with Gasteiger partial charge in [0.05, 0.1) is 17.6 Å². The van der Waals surface area contributed by atoms with Crippen LogP contribution < -0.4 is 21.8 Å². The van der Waals surface area contributed by atoms with Gasteiger partial charge in [0.15, 0.2) is 5.03 Å². The number of carbonyl (C=O) groups is 2. The first-order valence-corrected chi connectivity index (χ1v) is 14.3. The maximum absolute atomic E-state index is 13.6. The molecule has 0 spiro atoms. The Balaban J connectivity index is 1.69. The summed E-state index contributed by atoms with van der Waals surface area (Å²) >= 11 is 0. The van der Waals surface area contributed by atoms with Crippen LogP contribution in [0.25, 0.3) is 0 Å². The number of nitro groups is 1. The Morgan fingerprint density at radius 2 is 1.85 bits per heavy atom. The van der Waals surface area contributed by atoms with Crippen LogP contribution in [0.2, 0.25) is 0 Å². The molecule has 6 atom stereocenters. The van der Waals surface area contributed by atoms with Gasteiger partial charge in [0.1, 0.15) is 6.04 Å². The molecule has 39 heavy (non-hydrogen) atoms. The molecule has 1 saturated heterocycles. The quantitative estimate of drug-likeness (QED) is 0.0675. The molecular formula is C26H47BN6O6. The van der Waals surface area contributed by atoms with Crippen molar-refractivity contribution in [3.8, 4) is 0 Å². The summed E-state index contributed by atoms with van der Waals surface area (Å²) in [4.78, 5) is 40.6. The van der Waals surface area contributed by atoms with Crippen molar-refractivity contribution in [3.63, 3.8) is 0 Å². The summed E-state index contributed by atoms with van der Waals surface area (Å²) in [5.41, 5.74) is 7.10. The Kier molecular flexibility index (Phi) is 9.90. The molecule has 0 aromatic carbocycles. The van der Waals surface area contributed by atoms with Gasteiger partial charge < -0.3 is 25.7 Å². The molecule has 3 aliphatic carbocycles. The van der Waals surface area contributed by atoms with Gasteiger partial charge in [-0.1, -0.05) is 47.0 Å². The molecule has 5 N–H and O–H groups in total. The lowest BCUT2D eigenvalue weighted by Gasteiger charge is -2.64. The number of nitrogens with zero attached hydrogens (tertiary/aromatic N) is 2. The average molecular weight is 551 g/mol. The van der Waals surface area contributed by atoms with Crippen LogP contribution >= 0.6 is 0 Å². The second-order valence-corrected chi connectivity index (χ2v) is 13.1. The van der Waals surface area contributed by atoms with Gasteiger partial charge in [-0.15, -0.1) is 0 Å². The zero-order valence-electron chi connectivity index (χ0n) is 24.5. The largest absolute Gasteiger partial charge is 0.481 e. The summed E-state index contributed by atoms with van der Waals surface area (Å²) in [6.07, 6.45) is 3.76. The third kappa shape index (κ3) is 7.42. The van der Waals surface area contributed by atoms with Crippen molar-refractivity contribution in [1.29, 1.82) is 0 Å². The molecule has 2 bridgehead atoms. The number of nitrogens with two attached hydrogens (primary N) is 1. The van der Waals surface area contributed by atoms with Gasteiger partial charge in [-0.2, -0.15) is 0 Å². The van der Waals surface area contributed by atoms with Crippen LogP contribution in [-0.4, -0.2) is 60.2 Å². The Hall–Kier alpha value is -2.41. The van der Waals surface area contributed by atoms with Crippen LogP contribution in [0.5, 0.6) is 0 Å². The number of hydrazine groups is 1. The minimum atomic E-state index is -0.795. The molecule has 0 radical (unpaired) electrons. The van der Waals surface area contributed by atoms with Crippen LogP contribution in [0.1, 0.15) is 87.0 Å². The number of nitrogens with one attached hydrogen (secondary N) is 3. The molecule has 0 aromatic heterocycles.